The first-order valence-corrected chi connectivity index (χ1v) is 5.65. The van der Waals surface area contributed by atoms with Crippen molar-refractivity contribution in [2.45, 2.75) is 0 Å². The summed E-state index contributed by atoms with van der Waals surface area (Å²) in [6.45, 7) is 0. The van der Waals surface area contributed by atoms with Crippen molar-refractivity contribution >= 4 is 97.8 Å². The molecule has 248 valence electrons. The van der Waals surface area contributed by atoms with Gasteiger partial charge >= 0.3 is 97.8 Å². The second-order valence-electron chi connectivity index (χ2n) is 2.38. The molecule has 0 unspecified atom stereocenters. The molecule has 0 rings (SSSR count). The van der Waals surface area contributed by atoms with Crippen LogP contribution in [0.15, 0.2) is 0 Å². The van der Waals surface area contributed by atoms with Crippen LogP contribution in [0, 0.1) is 101 Å². The minimum absolute atomic E-state index is 0. The van der Waals surface area contributed by atoms with E-state index in [9.17, 15) is 0 Å². The molecule has 0 fully saturated rings. The molecular weight excluding hydrogens is 895 g/mol. The van der Waals surface area contributed by atoms with Gasteiger partial charge in [-0.25, -0.2) is 0 Å². The van der Waals surface area contributed by atoms with E-state index in [1.807, 2.05) is 0 Å². The molecule has 0 bridgehead atoms. The van der Waals surface area contributed by atoms with Gasteiger partial charge in [-0.2, -0.15) is 0 Å². The Morgan fingerprint density at radius 2 is 0.214 bits per heavy atom. The van der Waals surface area contributed by atoms with Crippen molar-refractivity contribution in [3.63, 3.8) is 0 Å². The van der Waals surface area contributed by atoms with Crippen molar-refractivity contribution in [1.82, 2.24) is 0 Å². The van der Waals surface area contributed by atoms with Crippen LogP contribution in [-0.2, 0) is 0 Å². The molecule has 42 heavy (non-hydrogen) atoms. The Balaban J connectivity index is -0.0000000237. The van der Waals surface area contributed by atoms with Gasteiger partial charge < -0.3 is 52.1 Å². The molecule has 0 heterocycles. The number of nitrogens with zero attached hydrogens (tertiary/aromatic N) is 10. The van der Waals surface area contributed by atoms with E-state index in [1.165, 1.54) is 0 Å². The van der Waals surface area contributed by atoms with Crippen molar-refractivity contribution in [2.75, 3.05) is 0 Å². The molecule has 0 radical (unpaired) electrons. The van der Waals surface area contributed by atoms with Gasteiger partial charge in [0.1, 0.15) is 0 Å². The third kappa shape index (κ3) is 1740. The second kappa shape index (κ2) is 70.6. The fraction of sp³-hybridized carbons (Fsp3) is 0. The molecule has 0 saturated carbocycles. The normalized spacial score (nSPS) is 5.71. The summed E-state index contributed by atoms with van der Waals surface area (Å²) in [5.74, 6) is 0. The van der Waals surface area contributed by atoms with Crippen LogP contribution in [0.2, 0.25) is 0 Å². The fourth-order valence-corrected chi connectivity index (χ4v) is 0. The molecule has 0 aromatic carbocycles. The Hall–Kier alpha value is -4.86. The van der Waals surface area contributed by atoms with E-state index in [1.54, 1.807) is 0 Å². The van der Waals surface area contributed by atoms with Gasteiger partial charge in [-0.1, -0.05) is 0 Å². The Kier molecular flexibility index (Phi) is 129. The van der Waals surface area contributed by atoms with Crippen molar-refractivity contribution < 1.29 is 103 Å². The SMILES string of the molecule is O=[N+]([O-])O.O=[N+]([O-])O.O=[N+]([O-])O.O=[N+]([O-])O.O=[N+]([O-])O.O=[N+]([O-])O.O=[N+]([O-])O.O=[N+]([O-])O.O=[N+]([O-])O.O=[N+]([O-])O.[BaH2].[BaH2]. The zero-order chi connectivity index (χ0) is 35.8. The molecule has 0 aliphatic carbocycles. The number of hydrogen-bond acceptors (Lipinski definition) is 20. The van der Waals surface area contributed by atoms with Crippen LogP contribution >= 0.6 is 0 Å². The van der Waals surface area contributed by atoms with E-state index in [0.717, 1.165) is 0 Å². The van der Waals surface area contributed by atoms with Gasteiger partial charge in [0.05, 0.1) is 0 Å². The number of hydrogen-bond donors (Lipinski definition) is 10. The topological polar surface area (TPSA) is 634 Å². The summed E-state index contributed by atoms with van der Waals surface area (Å²) in [6.07, 6.45) is 0. The van der Waals surface area contributed by atoms with Gasteiger partial charge in [0.15, 0.2) is 0 Å². The molecule has 0 aromatic heterocycles. The second-order valence-corrected chi connectivity index (χ2v) is 2.38. The maximum atomic E-state index is 8.36. The van der Waals surface area contributed by atoms with E-state index < -0.39 is 50.9 Å². The van der Waals surface area contributed by atoms with Crippen LogP contribution in [0.1, 0.15) is 0 Å². The molecule has 0 aliphatic heterocycles. The summed E-state index contributed by atoms with van der Waals surface area (Å²) in [5.41, 5.74) is 0. The minimum atomic E-state index is -1.50. The first kappa shape index (κ1) is 76.8. The standard InChI is InChI=1S/2Ba.10HNO3.4H/c;;10*2-1(3)4;;;;/h;;10*(H,2,3,4);;;;. The van der Waals surface area contributed by atoms with Crippen LogP contribution in [0.5, 0.6) is 0 Å². The van der Waals surface area contributed by atoms with Crippen molar-refractivity contribution in [2.24, 2.45) is 0 Å². The Morgan fingerprint density at radius 1 is 0.214 bits per heavy atom. The Labute approximate surface area is 299 Å². The summed E-state index contributed by atoms with van der Waals surface area (Å²) in [4.78, 5) is 83.6. The third-order valence-corrected chi connectivity index (χ3v) is 0. The van der Waals surface area contributed by atoms with Gasteiger partial charge in [0, 0.05) is 0 Å². The van der Waals surface area contributed by atoms with Crippen LogP contribution in [0.3, 0.4) is 0 Å². The first-order valence-electron chi connectivity index (χ1n) is 5.65. The average molecular weight is 909 g/mol. The fourth-order valence-electron chi connectivity index (χ4n) is 0. The zero-order valence-corrected chi connectivity index (χ0v) is 17.1. The van der Waals surface area contributed by atoms with Crippen LogP contribution < -0.4 is 0 Å². The molecule has 42 heteroatoms. The van der Waals surface area contributed by atoms with Gasteiger partial charge in [-0.15, -0.1) is 101 Å². The molecular formula is H14Ba2N10O30. The molecule has 40 nitrogen and oxygen atoms in total. The van der Waals surface area contributed by atoms with Gasteiger partial charge in [-0.05, 0) is 0 Å². The van der Waals surface area contributed by atoms with Crippen molar-refractivity contribution in [1.29, 1.82) is 0 Å². The maximum absolute atomic E-state index is 8.36. The molecule has 0 atom stereocenters. The Morgan fingerprint density at radius 3 is 0.214 bits per heavy atom. The molecule has 0 saturated heterocycles. The van der Waals surface area contributed by atoms with Crippen molar-refractivity contribution in [3.05, 3.63) is 101 Å². The predicted molar refractivity (Wildman–Crippen MR) is 105 cm³/mol. The van der Waals surface area contributed by atoms with E-state index in [-0.39, 0.29) is 97.8 Å². The Bertz CT molecular complexity index is 474. The summed E-state index contributed by atoms with van der Waals surface area (Å²) >= 11 is 0. The first-order chi connectivity index (χ1) is 17.3. The molecule has 0 aromatic rings. The van der Waals surface area contributed by atoms with Crippen LogP contribution in [0.4, 0.5) is 0 Å². The van der Waals surface area contributed by atoms with Crippen LogP contribution in [-0.4, -0.2) is 201 Å². The van der Waals surface area contributed by atoms with E-state index in [4.69, 9.17) is 153 Å². The molecule has 10 N–H and O–H groups in total. The van der Waals surface area contributed by atoms with E-state index >= 15 is 0 Å². The monoisotopic (exact) mass is 910 g/mol. The van der Waals surface area contributed by atoms with Gasteiger partial charge in [0.2, 0.25) is 0 Å². The molecule has 0 aliphatic rings. The van der Waals surface area contributed by atoms with Gasteiger partial charge in [0.25, 0.3) is 50.9 Å². The quantitative estimate of drug-likeness (QED) is 0.0616. The van der Waals surface area contributed by atoms with Gasteiger partial charge in [-0.3, -0.25) is 0 Å². The number of rotatable bonds is 0. The van der Waals surface area contributed by atoms with E-state index in [2.05, 4.69) is 0 Å². The summed E-state index contributed by atoms with van der Waals surface area (Å²) in [7, 11) is 0. The summed E-state index contributed by atoms with van der Waals surface area (Å²) in [6, 6.07) is 0. The third-order valence-electron chi connectivity index (χ3n) is 0. The van der Waals surface area contributed by atoms with E-state index in [0.29, 0.717) is 0 Å². The predicted octanol–water partition coefficient (Wildman–Crippen LogP) is -5.31. The summed E-state index contributed by atoms with van der Waals surface area (Å²) in [5, 5.41) is 136. The van der Waals surface area contributed by atoms with Crippen LogP contribution in [0.25, 0.3) is 0 Å². The zero-order valence-electron chi connectivity index (χ0n) is 17.1. The molecule has 0 spiro atoms. The average Bonchev–Trinajstić information content (AvgIpc) is 2.47. The summed E-state index contributed by atoms with van der Waals surface area (Å²) < 4.78 is 0. The molecule has 0 amide bonds. The van der Waals surface area contributed by atoms with Crippen molar-refractivity contribution in [3.8, 4) is 0 Å².